The molecule has 2 saturated heterocycles. The quantitative estimate of drug-likeness (QED) is 0.0640. The second-order valence-corrected chi connectivity index (χ2v) is 32.5. The van der Waals surface area contributed by atoms with Gasteiger partial charge in [-0.1, -0.05) is 134 Å². The number of aliphatic hydroxyl groups is 2. The summed E-state index contributed by atoms with van der Waals surface area (Å²) in [6.45, 7) is 24.1. The number of aliphatic hydroxyl groups excluding tert-OH is 2. The van der Waals surface area contributed by atoms with Crippen molar-refractivity contribution in [1.29, 1.82) is 0 Å². The molecule has 0 aromatic carbocycles. The van der Waals surface area contributed by atoms with Gasteiger partial charge in [0.25, 0.3) is 23.6 Å². The van der Waals surface area contributed by atoms with Crippen LogP contribution in [0.4, 0.5) is 0 Å². The van der Waals surface area contributed by atoms with Gasteiger partial charge in [0.05, 0.1) is 18.4 Å². The summed E-state index contributed by atoms with van der Waals surface area (Å²) in [6.07, 6.45) is 21.8. The number of nitrogens with one attached hydrogen (secondary N) is 7. The topological polar surface area (TPSA) is 401 Å². The van der Waals surface area contributed by atoms with E-state index in [1.807, 2.05) is 69.2 Å². The monoisotopic (exact) mass is 1420 g/mol. The number of fused-ring (bicyclic) bond motifs is 2. The predicted octanol–water partition coefficient (Wildman–Crippen LogP) is 0.388. The maximum atomic E-state index is 14.6. The first-order valence-electron chi connectivity index (χ1n) is 36.3. The van der Waals surface area contributed by atoms with Gasteiger partial charge in [-0.05, 0) is 109 Å². The van der Waals surface area contributed by atoms with E-state index >= 15 is 0 Å². The fourth-order valence-corrected chi connectivity index (χ4v) is 15.5. The van der Waals surface area contributed by atoms with Crippen molar-refractivity contribution in [2.75, 3.05) is 13.1 Å². The van der Waals surface area contributed by atoms with E-state index in [0.717, 1.165) is 103 Å². The molecule has 9 amide bonds. The van der Waals surface area contributed by atoms with Gasteiger partial charge < -0.3 is 80.5 Å². The lowest BCUT2D eigenvalue weighted by Crippen LogP contribution is -3.00. The number of halogens is 1. The minimum Gasteiger partial charge on any atom is -1.00 e. The number of piperidine rings is 2. The Hall–Kier alpha value is -6.97. The van der Waals surface area contributed by atoms with E-state index in [0.29, 0.717) is 32.0 Å². The first-order valence-corrected chi connectivity index (χ1v) is 36.3. The van der Waals surface area contributed by atoms with Crippen LogP contribution >= 0.6 is 0 Å². The number of carboxylic acids is 1. The smallest absolute Gasteiger partial charge is 0.326 e. The fourth-order valence-electron chi connectivity index (χ4n) is 15.5. The number of hydrogen-bond acceptors (Lipinski definition) is 16. The second kappa shape index (κ2) is 33.9. The van der Waals surface area contributed by atoms with Crippen LogP contribution in [0.5, 0.6) is 0 Å². The third-order valence-corrected chi connectivity index (χ3v) is 22.1. The van der Waals surface area contributed by atoms with Crippen LogP contribution in [0.15, 0.2) is 37.2 Å². The van der Waals surface area contributed by atoms with Crippen molar-refractivity contribution in [2.24, 2.45) is 57.2 Å². The zero-order valence-electron chi connectivity index (χ0n) is 60.7. The Morgan fingerprint density at radius 3 is 1.29 bits per heavy atom. The van der Waals surface area contributed by atoms with Crippen LogP contribution in [-0.4, -0.2) is 190 Å². The van der Waals surface area contributed by atoms with Crippen molar-refractivity contribution in [2.45, 2.75) is 271 Å². The molecule has 13 N–H and O–H groups in total. The van der Waals surface area contributed by atoms with E-state index in [2.05, 4.69) is 76.7 Å². The highest BCUT2D eigenvalue weighted by atomic mass is 35.5. The Morgan fingerprint density at radius 2 is 0.930 bits per heavy atom. The summed E-state index contributed by atoms with van der Waals surface area (Å²) < 4.78 is 0. The van der Waals surface area contributed by atoms with Gasteiger partial charge in [0.15, 0.2) is 12.2 Å². The minimum atomic E-state index is -1.41. The number of nitrogens with zero attached hydrogens (tertiary/aromatic N) is 6. The van der Waals surface area contributed by atoms with Crippen molar-refractivity contribution >= 4 is 59.1 Å². The molecule has 10 rings (SSSR count). The average Bonchev–Trinajstić information content (AvgIpc) is 1.53. The third kappa shape index (κ3) is 19.8. The van der Waals surface area contributed by atoms with Gasteiger partial charge >= 0.3 is 5.97 Å². The summed E-state index contributed by atoms with van der Waals surface area (Å²) in [5.41, 5.74) is 2.29. The number of aliphatic carboxylic acids is 1. The summed E-state index contributed by atoms with van der Waals surface area (Å²) in [6, 6.07) is -5.97. The first kappa shape index (κ1) is 80.3. The normalized spacial score (nSPS) is 25.1. The van der Waals surface area contributed by atoms with Crippen LogP contribution in [0.3, 0.4) is 0 Å². The number of carbonyl (C=O) groups is 10. The summed E-state index contributed by atoms with van der Waals surface area (Å²) in [5.74, 6) is -4.96. The lowest BCUT2D eigenvalue weighted by atomic mass is 9.82. The Bertz CT molecular complexity index is 3190. The zero-order chi connectivity index (χ0) is 72.6. The van der Waals surface area contributed by atoms with Crippen LogP contribution in [0.2, 0.25) is 0 Å². The van der Waals surface area contributed by atoms with E-state index in [4.69, 9.17) is 0 Å². The molecule has 6 aliphatic carbocycles. The van der Waals surface area contributed by atoms with E-state index in [9.17, 15) is 63.3 Å². The highest BCUT2D eigenvalue weighted by Crippen LogP contribution is 2.66. The van der Waals surface area contributed by atoms with Crippen LogP contribution in [0.1, 0.15) is 220 Å². The van der Waals surface area contributed by atoms with Crippen LogP contribution in [0.25, 0.3) is 0 Å². The van der Waals surface area contributed by atoms with E-state index in [1.165, 1.54) is 42.1 Å². The molecule has 28 heteroatoms. The highest BCUT2D eigenvalue weighted by Gasteiger charge is 2.71. The lowest BCUT2D eigenvalue weighted by Gasteiger charge is -2.39. The summed E-state index contributed by atoms with van der Waals surface area (Å²) in [4.78, 5) is 152. The number of carbonyl (C=O) groups excluding carboxylic acids is 9. The predicted molar refractivity (Wildman–Crippen MR) is 365 cm³/mol. The number of likely N-dealkylation sites (tertiary alicyclic amines) is 2. The fraction of sp³-hybridized carbons (Fsp3) is 0.750. The molecule has 8 fully saturated rings. The molecule has 2 aromatic rings. The SMILES string of the molecule is CC(C)(C)[C@H](NC(=O)[C@@H](NC(=O)c1cnccn1)C1CCCCC1)C(=O)N1C[C@H]2[C@@H]([C@H]1C(=O)O)C2(C)C.CCC[C@H](NC(=O)C1[C@@H]2[C@H](CN1C(=O)[C@@H](NC(=O)[C@@H](NC(=O)c1cnccn1)C1CCCCC1)C(C)(C)C)C2(C)C)C(O)C(=O)NC1CC1.CCC[C@H]([NH3+])C(O)C(=O)NC1CC1.[Cl-]. The van der Waals surface area contributed by atoms with Crippen LogP contribution in [0, 0.1) is 57.2 Å². The molecule has 6 saturated carbocycles. The van der Waals surface area contributed by atoms with Crippen LogP contribution < -0.4 is 55.4 Å². The highest BCUT2D eigenvalue weighted by molar-refractivity contribution is 6.00. The molecule has 2 aliphatic heterocycles. The number of aromatic nitrogens is 4. The van der Waals surface area contributed by atoms with Gasteiger partial charge in [-0.25, -0.2) is 14.8 Å². The number of hydrogen-bond donors (Lipinski definition) is 11. The Morgan fingerprint density at radius 1 is 0.540 bits per heavy atom. The van der Waals surface area contributed by atoms with E-state index < -0.39 is 107 Å². The Balaban J connectivity index is 0.000000242. The van der Waals surface area contributed by atoms with Gasteiger partial charge in [-0.2, -0.15) is 0 Å². The molecule has 2 aromatic heterocycles. The molecule has 3 unspecified atom stereocenters. The van der Waals surface area contributed by atoms with E-state index in [1.54, 1.807) is 4.90 Å². The van der Waals surface area contributed by atoms with Crippen molar-refractivity contribution in [3.63, 3.8) is 0 Å². The molecule has 4 heterocycles. The van der Waals surface area contributed by atoms with Gasteiger partial charge in [0.1, 0.15) is 53.7 Å². The Kier molecular flexibility index (Phi) is 27.2. The molecule has 0 bridgehead atoms. The molecular formula is C72H113ClN14O13. The molecule has 8 aliphatic rings. The third-order valence-electron chi connectivity index (χ3n) is 22.1. The van der Waals surface area contributed by atoms with Gasteiger partial charge in [0.2, 0.25) is 29.5 Å². The van der Waals surface area contributed by atoms with Gasteiger partial charge in [0, 0.05) is 62.3 Å². The van der Waals surface area contributed by atoms with Gasteiger partial charge in [-0.3, -0.25) is 53.1 Å². The number of rotatable bonds is 25. The molecule has 0 spiro atoms. The second-order valence-electron chi connectivity index (χ2n) is 32.5. The number of carboxylic acid groups (broad SMARTS) is 1. The molecule has 14 atom stereocenters. The summed E-state index contributed by atoms with van der Waals surface area (Å²) in [5, 5.41) is 50.6. The summed E-state index contributed by atoms with van der Waals surface area (Å²) in [7, 11) is 0. The van der Waals surface area contributed by atoms with Crippen molar-refractivity contribution in [3.05, 3.63) is 48.6 Å². The standard InChI is InChI=1S/C36H55N7O6.C27H39N5O5.C9H18N2O2.ClH/c1-7-11-23(28(44)33(48)39-21-14-15-21)40-32(47)27-25-22(36(25,5)6)19-43(27)34(49)29(35(2,3)4)42-31(46)26(20-12-9-8-10-13-20)41-30(45)24-18-37-16-17-38-24;1-26(2,3)21(24(35)32-14-16-18(27(16,4)5)20(32)25(36)37)31-23(34)19(15-9-7-6-8-10-15)30-22(33)17-13-28-11-12-29-17;1-2-3-7(10)8(12)9(13)11-6-4-5-6;/h16-18,20-23,25-29,44H,7-15,19H2,1-6H3,(H,39,48)(H,40,47)(H,41,45)(H,42,46);11-13,15-16,18-21H,6-10,14H2,1-5H3,(H,30,33)(H,31,34)(H,36,37);6-8,12H,2-5,10H2,1H3,(H,11,13);1H/t22-,23-,25-,26-,27?,28?,29+;16-,18-,19-,20-,21+;7-,8?;/m000./s1. The van der Waals surface area contributed by atoms with Crippen molar-refractivity contribution < 1.29 is 81.4 Å². The summed E-state index contributed by atoms with van der Waals surface area (Å²) >= 11 is 0. The molecule has 556 valence electrons. The van der Waals surface area contributed by atoms with Gasteiger partial charge in [-0.15, -0.1) is 0 Å². The molecule has 100 heavy (non-hydrogen) atoms. The Labute approximate surface area is 595 Å². The first-order chi connectivity index (χ1) is 46.6. The minimum absolute atomic E-state index is 0. The lowest BCUT2D eigenvalue weighted by molar-refractivity contribution is -0.434. The van der Waals surface area contributed by atoms with Crippen LogP contribution in [-0.2, 0) is 38.4 Å². The van der Waals surface area contributed by atoms with Crippen molar-refractivity contribution in [3.8, 4) is 0 Å². The maximum absolute atomic E-state index is 14.6. The maximum Gasteiger partial charge on any atom is 0.326 e. The number of amides is 9. The van der Waals surface area contributed by atoms with E-state index in [-0.39, 0.29) is 99.9 Å². The average molecular weight is 1420 g/mol. The molecule has 0 radical (unpaired) electrons. The largest absolute Gasteiger partial charge is 1.00 e. The van der Waals surface area contributed by atoms with Crippen molar-refractivity contribution in [1.82, 2.24) is 67.0 Å². The zero-order valence-corrected chi connectivity index (χ0v) is 61.4. The molecule has 27 nitrogen and oxygen atoms in total. The molecular weight excluding hydrogens is 1300 g/mol. The number of quaternary nitrogens is 1.